The third-order valence-electron chi connectivity index (χ3n) is 2.17. The summed E-state index contributed by atoms with van der Waals surface area (Å²) < 4.78 is 0. The zero-order valence-electron chi connectivity index (χ0n) is 9.00. The van der Waals surface area contributed by atoms with Crippen LogP contribution in [0.15, 0.2) is 11.1 Å². The number of aromatic amines is 1. The third-order valence-corrected chi connectivity index (χ3v) is 2.52. The van der Waals surface area contributed by atoms with Gasteiger partial charge in [-0.3, -0.25) is 4.79 Å². The van der Waals surface area contributed by atoms with Gasteiger partial charge in [0.15, 0.2) is 5.82 Å². The molecule has 6 heteroatoms. The van der Waals surface area contributed by atoms with Crippen LogP contribution in [0.4, 0.5) is 5.82 Å². The van der Waals surface area contributed by atoms with Crippen molar-refractivity contribution in [3.63, 3.8) is 0 Å². The first-order valence-electron chi connectivity index (χ1n) is 5.33. The number of aromatic nitrogens is 2. The number of aliphatic hydroxyl groups is 1. The van der Waals surface area contributed by atoms with Gasteiger partial charge in [0.25, 0.3) is 5.56 Å². The molecule has 0 spiro atoms. The average Bonchev–Trinajstić information content (AvgIpc) is 2.29. The van der Waals surface area contributed by atoms with Crippen molar-refractivity contribution in [2.24, 2.45) is 0 Å². The van der Waals surface area contributed by atoms with Gasteiger partial charge in [-0.1, -0.05) is 24.4 Å². The highest BCUT2D eigenvalue weighted by molar-refractivity contribution is 6.32. The Hall–Kier alpha value is -1.07. The zero-order valence-corrected chi connectivity index (χ0v) is 9.76. The Morgan fingerprint density at radius 1 is 1.38 bits per heavy atom. The van der Waals surface area contributed by atoms with Crippen molar-refractivity contribution in [1.82, 2.24) is 9.97 Å². The van der Waals surface area contributed by atoms with Crippen LogP contribution in [0.5, 0.6) is 0 Å². The van der Waals surface area contributed by atoms with E-state index in [1.807, 2.05) is 0 Å². The van der Waals surface area contributed by atoms with E-state index in [0.29, 0.717) is 5.82 Å². The van der Waals surface area contributed by atoms with Gasteiger partial charge in [0.2, 0.25) is 0 Å². The van der Waals surface area contributed by atoms with Gasteiger partial charge in [0.1, 0.15) is 5.02 Å². The Morgan fingerprint density at radius 3 is 2.88 bits per heavy atom. The Balaban J connectivity index is 2.27. The summed E-state index contributed by atoms with van der Waals surface area (Å²) >= 11 is 5.75. The molecule has 3 N–H and O–H groups in total. The zero-order chi connectivity index (χ0) is 11.8. The summed E-state index contributed by atoms with van der Waals surface area (Å²) in [4.78, 5) is 17.4. The number of halogens is 1. The molecule has 1 aromatic rings. The van der Waals surface area contributed by atoms with E-state index in [0.717, 1.165) is 32.2 Å². The van der Waals surface area contributed by atoms with Crippen LogP contribution in [-0.4, -0.2) is 28.2 Å². The van der Waals surface area contributed by atoms with Gasteiger partial charge >= 0.3 is 0 Å². The Bertz CT molecular complexity index is 367. The summed E-state index contributed by atoms with van der Waals surface area (Å²) in [6.07, 6.45) is 5.17. The van der Waals surface area contributed by atoms with Gasteiger partial charge in [-0.15, -0.1) is 0 Å². The largest absolute Gasteiger partial charge is 0.396 e. The summed E-state index contributed by atoms with van der Waals surface area (Å²) in [6.45, 7) is 0.969. The molecule has 0 saturated carbocycles. The Morgan fingerprint density at radius 2 is 2.12 bits per heavy atom. The Labute approximate surface area is 98.9 Å². The molecule has 0 aliphatic heterocycles. The molecule has 1 aromatic heterocycles. The summed E-state index contributed by atoms with van der Waals surface area (Å²) in [5, 5.41) is 11.7. The molecule has 0 aliphatic carbocycles. The fraction of sp³-hybridized carbons (Fsp3) is 0.600. The molecule has 5 nitrogen and oxygen atoms in total. The molecule has 0 aliphatic rings. The first-order valence-corrected chi connectivity index (χ1v) is 5.71. The van der Waals surface area contributed by atoms with Crippen molar-refractivity contribution in [2.45, 2.75) is 25.7 Å². The van der Waals surface area contributed by atoms with E-state index in [-0.39, 0.29) is 17.2 Å². The fourth-order valence-electron chi connectivity index (χ4n) is 1.30. The van der Waals surface area contributed by atoms with Crippen LogP contribution in [0.25, 0.3) is 0 Å². The number of nitrogens with one attached hydrogen (secondary N) is 2. The predicted molar refractivity (Wildman–Crippen MR) is 63.9 cm³/mol. The molecule has 0 fully saturated rings. The molecular formula is C10H16ClN3O2. The van der Waals surface area contributed by atoms with Crippen molar-refractivity contribution < 1.29 is 5.11 Å². The van der Waals surface area contributed by atoms with Crippen molar-refractivity contribution >= 4 is 17.4 Å². The second-order valence-electron chi connectivity index (χ2n) is 3.46. The first-order chi connectivity index (χ1) is 7.75. The number of unbranched alkanes of at least 4 members (excludes halogenated alkanes) is 3. The van der Waals surface area contributed by atoms with E-state index in [9.17, 15) is 4.79 Å². The number of aliphatic hydroxyl groups excluding tert-OH is 1. The number of hydrogen-bond acceptors (Lipinski definition) is 4. The normalized spacial score (nSPS) is 10.4. The summed E-state index contributed by atoms with van der Waals surface area (Å²) in [6, 6.07) is 0. The highest BCUT2D eigenvalue weighted by Crippen LogP contribution is 2.12. The lowest BCUT2D eigenvalue weighted by Gasteiger charge is -2.05. The van der Waals surface area contributed by atoms with Crippen molar-refractivity contribution in [1.29, 1.82) is 0 Å². The minimum absolute atomic E-state index is 0.0952. The molecule has 90 valence electrons. The maximum Gasteiger partial charge on any atom is 0.271 e. The smallest absolute Gasteiger partial charge is 0.271 e. The second kappa shape index (κ2) is 7.24. The van der Waals surface area contributed by atoms with E-state index >= 15 is 0 Å². The number of nitrogens with zero attached hydrogens (tertiary/aromatic N) is 1. The van der Waals surface area contributed by atoms with E-state index in [1.165, 1.54) is 6.33 Å². The molecule has 0 aromatic carbocycles. The molecule has 0 radical (unpaired) electrons. The number of hydrogen-bond donors (Lipinski definition) is 3. The maximum absolute atomic E-state index is 11.1. The van der Waals surface area contributed by atoms with Crippen molar-refractivity contribution in [2.75, 3.05) is 18.5 Å². The average molecular weight is 246 g/mol. The van der Waals surface area contributed by atoms with Crippen molar-refractivity contribution in [3.8, 4) is 0 Å². The predicted octanol–water partition coefficient (Wildman–Crippen LogP) is 1.39. The van der Waals surface area contributed by atoms with E-state index in [4.69, 9.17) is 16.7 Å². The van der Waals surface area contributed by atoms with Gasteiger partial charge in [0, 0.05) is 13.2 Å². The standard InChI is InChI=1S/C10H16ClN3O2/c11-8-9(13-7-14-10(8)16)12-5-3-1-2-4-6-15/h7,15H,1-6H2,(H2,12,13,14,16). The molecular weight excluding hydrogens is 230 g/mol. The lowest BCUT2D eigenvalue weighted by molar-refractivity contribution is 0.283. The van der Waals surface area contributed by atoms with Crippen LogP contribution >= 0.6 is 11.6 Å². The highest BCUT2D eigenvalue weighted by Gasteiger charge is 2.03. The van der Waals surface area contributed by atoms with Gasteiger partial charge in [-0.05, 0) is 12.8 Å². The number of anilines is 1. The molecule has 0 amide bonds. The van der Waals surface area contributed by atoms with E-state index in [1.54, 1.807) is 0 Å². The number of rotatable bonds is 7. The third kappa shape index (κ3) is 4.20. The summed E-state index contributed by atoms with van der Waals surface area (Å²) in [7, 11) is 0. The first kappa shape index (κ1) is 13.0. The summed E-state index contributed by atoms with van der Waals surface area (Å²) in [5.41, 5.74) is -0.334. The number of H-pyrrole nitrogens is 1. The summed E-state index contributed by atoms with van der Waals surface area (Å²) in [5.74, 6) is 0.424. The van der Waals surface area contributed by atoms with E-state index in [2.05, 4.69) is 15.3 Å². The fourth-order valence-corrected chi connectivity index (χ4v) is 1.47. The highest BCUT2D eigenvalue weighted by atomic mass is 35.5. The molecule has 0 unspecified atom stereocenters. The molecule has 0 bridgehead atoms. The molecule has 0 saturated heterocycles. The molecule has 0 atom stereocenters. The van der Waals surface area contributed by atoms with Crippen LogP contribution in [0.2, 0.25) is 5.02 Å². The van der Waals surface area contributed by atoms with Gasteiger partial charge < -0.3 is 15.4 Å². The molecule has 1 heterocycles. The lowest BCUT2D eigenvalue weighted by Crippen LogP contribution is -2.12. The topological polar surface area (TPSA) is 78.0 Å². The monoisotopic (exact) mass is 245 g/mol. The van der Waals surface area contributed by atoms with Gasteiger partial charge in [-0.2, -0.15) is 0 Å². The second-order valence-corrected chi connectivity index (χ2v) is 3.84. The Kier molecular flexibility index (Phi) is 5.88. The van der Waals surface area contributed by atoms with Gasteiger partial charge in [0.05, 0.1) is 6.33 Å². The van der Waals surface area contributed by atoms with Crippen LogP contribution < -0.4 is 10.9 Å². The lowest BCUT2D eigenvalue weighted by atomic mass is 10.2. The van der Waals surface area contributed by atoms with Crippen molar-refractivity contribution in [3.05, 3.63) is 21.7 Å². The molecule has 1 rings (SSSR count). The van der Waals surface area contributed by atoms with Crippen LogP contribution in [0.1, 0.15) is 25.7 Å². The van der Waals surface area contributed by atoms with E-state index < -0.39 is 0 Å². The molecule has 16 heavy (non-hydrogen) atoms. The minimum Gasteiger partial charge on any atom is -0.396 e. The van der Waals surface area contributed by atoms with Crippen LogP contribution in [-0.2, 0) is 0 Å². The SMILES string of the molecule is O=c1[nH]cnc(NCCCCCCO)c1Cl. The quantitative estimate of drug-likeness (QED) is 0.635. The van der Waals surface area contributed by atoms with Crippen LogP contribution in [0.3, 0.4) is 0 Å². The minimum atomic E-state index is -0.334. The van der Waals surface area contributed by atoms with Crippen LogP contribution in [0, 0.1) is 0 Å². The maximum atomic E-state index is 11.1. The van der Waals surface area contributed by atoms with Gasteiger partial charge in [-0.25, -0.2) is 4.98 Å².